The second-order valence-corrected chi connectivity index (χ2v) is 6.94. The summed E-state index contributed by atoms with van der Waals surface area (Å²) in [6.07, 6.45) is 1.53. The number of fused-ring (bicyclic) bond motifs is 1. The number of furan rings is 1. The molecule has 2 aromatic heterocycles. The van der Waals surface area contributed by atoms with E-state index in [1.807, 2.05) is 12.1 Å². The number of amides is 1. The van der Waals surface area contributed by atoms with Gasteiger partial charge in [0.15, 0.2) is 10.9 Å². The maximum absolute atomic E-state index is 12.9. The first-order valence-electron chi connectivity index (χ1n) is 8.57. The summed E-state index contributed by atoms with van der Waals surface area (Å²) in [7, 11) is 0. The van der Waals surface area contributed by atoms with Crippen molar-refractivity contribution in [3.63, 3.8) is 0 Å². The minimum absolute atomic E-state index is 0. The molecular weight excluding hydrogens is 370 g/mol. The molecule has 3 aromatic rings. The van der Waals surface area contributed by atoms with Gasteiger partial charge in [-0.25, -0.2) is 4.98 Å². The van der Waals surface area contributed by atoms with Crippen LogP contribution in [0.2, 0.25) is 0 Å². The monoisotopic (exact) mass is 393 g/mol. The lowest BCUT2D eigenvalue weighted by molar-refractivity contribution is 0.0957. The molecule has 2 heterocycles. The number of carbonyl (C=O) groups excluding carboxylic acids is 1. The van der Waals surface area contributed by atoms with Gasteiger partial charge in [0.2, 0.25) is 0 Å². The Morgan fingerprint density at radius 2 is 1.96 bits per heavy atom. The Labute approximate surface area is 164 Å². The average molecular weight is 394 g/mol. The van der Waals surface area contributed by atoms with E-state index in [9.17, 15) is 4.79 Å². The minimum Gasteiger partial charge on any atom is -0.459 e. The van der Waals surface area contributed by atoms with Gasteiger partial charge in [0.1, 0.15) is 0 Å². The van der Waals surface area contributed by atoms with E-state index in [1.165, 1.54) is 11.8 Å². The molecule has 0 fully saturated rings. The van der Waals surface area contributed by atoms with E-state index >= 15 is 0 Å². The van der Waals surface area contributed by atoms with Crippen LogP contribution < -0.4 is 4.90 Å². The Kier molecular flexibility index (Phi) is 7.20. The minimum atomic E-state index is -0.145. The molecule has 0 bridgehead atoms. The molecule has 1 amide bonds. The number of aromatic nitrogens is 1. The standard InChI is InChI=1S/C19H23N3O2S.ClH/c1-4-21(5-2)10-11-22(18(23)16-7-6-12-24-16)19-20-15-9-8-14(3)13-17(15)25-19;/h6-9,12-13H,4-5,10-11H2,1-3H3;1H. The number of thiazole rings is 1. The molecule has 0 unspecified atom stereocenters. The summed E-state index contributed by atoms with van der Waals surface area (Å²) in [5.41, 5.74) is 2.11. The molecule has 0 atom stereocenters. The van der Waals surface area contributed by atoms with Gasteiger partial charge < -0.3 is 9.32 Å². The number of hydrogen-bond acceptors (Lipinski definition) is 5. The van der Waals surface area contributed by atoms with E-state index in [-0.39, 0.29) is 18.3 Å². The lowest BCUT2D eigenvalue weighted by Crippen LogP contribution is -2.38. The number of benzene rings is 1. The number of carbonyl (C=O) groups is 1. The Morgan fingerprint density at radius 3 is 2.62 bits per heavy atom. The molecule has 0 aliphatic carbocycles. The fourth-order valence-electron chi connectivity index (χ4n) is 2.73. The molecule has 0 spiro atoms. The van der Waals surface area contributed by atoms with Crippen molar-refractivity contribution in [2.24, 2.45) is 0 Å². The van der Waals surface area contributed by atoms with Gasteiger partial charge in [-0.1, -0.05) is 31.3 Å². The van der Waals surface area contributed by atoms with E-state index in [0.29, 0.717) is 17.4 Å². The Morgan fingerprint density at radius 1 is 1.19 bits per heavy atom. The first-order valence-corrected chi connectivity index (χ1v) is 9.39. The number of halogens is 1. The van der Waals surface area contributed by atoms with Crippen LogP contribution in [0.15, 0.2) is 41.0 Å². The van der Waals surface area contributed by atoms with Crippen LogP contribution in [0.4, 0.5) is 5.13 Å². The fraction of sp³-hybridized carbons (Fsp3) is 0.368. The molecule has 7 heteroatoms. The van der Waals surface area contributed by atoms with E-state index in [4.69, 9.17) is 4.42 Å². The SMILES string of the molecule is CCN(CC)CCN(C(=O)c1ccco1)c1nc2ccc(C)cc2s1.Cl. The van der Waals surface area contributed by atoms with Crippen LogP contribution in [-0.2, 0) is 0 Å². The second kappa shape index (κ2) is 9.16. The summed E-state index contributed by atoms with van der Waals surface area (Å²) in [6, 6.07) is 9.59. The topological polar surface area (TPSA) is 49.6 Å². The smallest absolute Gasteiger partial charge is 0.295 e. The number of hydrogen-bond donors (Lipinski definition) is 0. The van der Waals surface area contributed by atoms with Crippen molar-refractivity contribution in [1.29, 1.82) is 0 Å². The van der Waals surface area contributed by atoms with Crippen LogP contribution in [0.1, 0.15) is 30.0 Å². The fourth-order valence-corrected chi connectivity index (χ4v) is 3.82. The van der Waals surface area contributed by atoms with E-state index in [1.54, 1.807) is 28.4 Å². The first kappa shape index (κ1) is 20.4. The number of likely N-dealkylation sites (N-methyl/N-ethyl adjacent to an activating group) is 1. The molecule has 0 saturated heterocycles. The quantitative estimate of drug-likeness (QED) is 0.588. The van der Waals surface area contributed by atoms with Crippen LogP contribution in [0.3, 0.4) is 0 Å². The van der Waals surface area contributed by atoms with Gasteiger partial charge in [-0.15, -0.1) is 12.4 Å². The average Bonchev–Trinajstić information content (AvgIpc) is 3.27. The van der Waals surface area contributed by atoms with Crippen LogP contribution in [0.25, 0.3) is 10.2 Å². The third-order valence-corrected chi connectivity index (χ3v) is 5.32. The van der Waals surface area contributed by atoms with Crippen LogP contribution in [0.5, 0.6) is 0 Å². The zero-order valence-corrected chi connectivity index (χ0v) is 16.9. The molecule has 26 heavy (non-hydrogen) atoms. The van der Waals surface area contributed by atoms with Gasteiger partial charge in [-0.05, 0) is 49.8 Å². The van der Waals surface area contributed by atoms with Crippen molar-refractivity contribution in [1.82, 2.24) is 9.88 Å². The van der Waals surface area contributed by atoms with Crippen molar-refractivity contribution in [3.05, 3.63) is 47.9 Å². The number of aryl methyl sites for hydroxylation is 1. The highest BCUT2D eigenvalue weighted by molar-refractivity contribution is 7.22. The largest absolute Gasteiger partial charge is 0.459 e. The predicted molar refractivity (Wildman–Crippen MR) is 110 cm³/mol. The van der Waals surface area contributed by atoms with Crippen molar-refractivity contribution >= 4 is 45.0 Å². The van der Waals surface area contributed by atoms with Crippen molar-refractivity contribution in [2.45, 2.75) is 20.8 Å². The highest BCUT2D eigenvalue weighted by Crippen LogP contribution is 2.30. The molecule has 0 saturated carbocycles. The van der Waals surface area contributed by atoms with Gasteiger partial charge in [0.25, 0.3) is 5.91 Å². The summed E-state index contributed by atoms with van der Waals surface area (Å²) in [6.45, 7) is 9.61. The van der Waals surface area contributed by atoms with E-state index in [0.717, 1.165) is 29.9 Å². The summed E-state index contributed by atoms with van der Waals surface area (Å²) < 4.78 is 6.42. The molecule has 3 rings (SSSR count). The molecular formula is C19H24ClN3O2S. The van der Waals surface area contributed by atoms with E-state index in [2.05, 4.69) is 36.7 Å². The number of anilines is 1. The van der Waals surface area contributed by atoms with Crippen molar-refractivity contribution in [3.8, 4) is 0 Å². The van der Waals surface area contributed by atoms with Gasteiger partial charge >= 0.3 is 0 Å². The molecule has 0 aliphatic heterocycles. The van der Waals surface area contributed by atoms with Crippen LogP contribution >= 0.6 is 23.7 Å². The lowest BCUT2D eigenvalue weighted by atomic mass is 10.2. The third kappa shape index (κ3) is 4.44. The Hall–Kier alpha value is -1.89. The normalized spacial score (nSPS) is 10.9. The summed E-state index contributed by atoms with van der Waals surface area (Å²) in [4.78, 5) is 21.6. The number of nitrogens with zero attached hydrogens (tertiary/aromatic N) is 3. The molecule has 5 nitrogen and oxygen atoms in total. The first-order chi connectivity index (χ1) is 12.1. The van der Waals surface area contributed by atoms with Gasteiger partial charge in [0, 0.05) is 13.1 Å². The highest BCUT2D eigenvalue weighted by Gasteiger charge is 2.23. The lowest BCUT2D eigenvalue weighted by Gasteiger charge is -2.24. The second-order valence-electron chi connectivity index (χ2n) is 5.93. The van der Waals surface area contributed by atoms with Gasteiger partial charge in [-0.3, -0.25) is 9.69 Å². The summed E-state index contributed by atoms with van der Waals surface area (Å²) in [5, 5.41) is 0.717. The molecule has 1 aromatic carbocycles. The highest BCUT2D eigenvalue weighted by atomic mass is 35.5. The maximum atomic E-state index is 12.9. The van der Waals surface area contributed by atoms with Crippen molar-refractivity contribution < 1.29 is 9.21 Å². The summed E-state index contributed by atoms with van der Waals surface area (Å²) >= 11 is 1.55. The van der Waals surface area contributed by atoms with Crippen LogP contribution in [-0.4, -0.2) is 42.0 Å². The van der Waals surface area contributed by atoms with E-state index < -0.39 is 0 Å². The van der Waals surface area contributed by atoms with Gasteiger partial charge in [-0.2, -0.15) is 0 Å². The third-order valence-electron chi connectivity index (χ3n) is 4.27. The maximum Gasteiger partial charge on any atom is 0.295 e. The van der Waals surface area contributed by atoms with Crippen molar-refractivity contribution in [2.75, 3.05) is 31.1 Å². The summed E-state index contributed by atoms with van der Waals surface area (Å²) in [5.74, 6) is 0.197. The zero-order valence-electron chi connectivity index (χ0n) is 15.3. The Bertz CT molecular complexity index is 844. The molecule has 0 radical (unpaired) electrons. The molecule has 0 aliphatic rings. The molecule has 140 valence electrons. The zero-order chi connectivity index (χ0) is 17.8. The molecule has 0 N–H and O–H groups in total. The Balaban J connectivity index is 0.00000243. The predicted octanol–water partition coefficient (Wildman–Crippen LogP) is 4.61. The number of rotatable bonds is 7. The van der Waals surface area contributed by atoms with Crippen LogP contribution in [0, 0.1) is 6.92 Å². The van der Waals surface area contributed by atoms with Gasteiger partial charge in [0.05, 0.1) is 16.5 Å².